The third-order valence-electron chi connectivity index (χ3n) is 3.31. The normalized spacial score (nSPS) is 11.6. The molecule has 0 aliphatic rings. The van der Waals surface area contributed by atoms with Crippen LogP contribution in [0.4, 0.5) is 11.5 Å². The number of nitrogens with zero attached hydrogens (tertiary/aromatic N) is 2. The number of carbonyl (C=O) groups excluding carboxylic acids is 1. The van der Waals surface area contributed by atoms with Crippen LogP contribution in [0.25, 0.3) is 0 Å². The number of nitro groups is 1. The molecule has 1 aromatic carbocycles. The molecule has 1 N–H and O–H groups in total. The van der Waals surface area contributed by atoms with E-state index < -0.39 is 10.9 Å². The third-order valence-corrected chi connectivity index (χ3v) is 3.64. The Morgan fingerprint density at radius 2 is 2.12 bits per heavy atom. The third kappa shape index (κ3) is 4.66. The molecule has 126 valence electrons. The van der Waals surface area contributed by atoms with Crippen molar-refractivity contribution in [3.05, 3.63) is 63.3 Å². The molecule has 2 aromatic rings. The van der Waals surface area contributed by atoms with Crippen LogP contribution in [0, 0.1) is 10.1 Å². The molecule has 0 amide bonds. The van der Waals surface area contributed by atoms with Gasteiger partial charge < -0.3 is 10.1 Å². The first-order valence-electron chi connectivity index (χ1n) is 7.30. The summed E-state index contributed by atoms with van der Waals surface area (Å²) >= 11 is 5.96. The van der Waals surface area contributed by atoms with Crippen molar-refractivity contribution in [3.8, 4) is 0 Å². The van der Waals surface area contributed by atoms with Crippen LogP contribution in [-0.4, -0.2) is 28.5 Å². The minimum atomic E-state index is -0.514. The van der Waals surface area contributed by atoms with Crippen molar-refractivity contribution < 1.29 is 14.5 Å². The van der Waals surface area contributed by atoms with E-state index in [-0.39, 0.29) is 18.3 Å². The van der Waals surface area contributed by atoms with E-state index in [0.717, 1.165) is 0 Å². The van der Waals surface area contributed by atoms with E-state index in [1.165, 1.54) is 18.3 Å². The monoisotopic (exact) mass is 349 g/mol. The number of aromatic nitrogens is 1. The largest absolute Gasteiger partial charge is 0.460 e. The number of carbonyl (C=O) groups is 1. The Morgan fingerprint density at radius 3 is 2.71 bits per heavy atom. The Hall–Kier alpha value is -2.67. The van der Waals surface area contributed by atoms with Crippen molar-refractivity contribution in [2.24, 2.45) is 0 Å². The second-order valence-electron chi connectivity index (χ2n) is 4.99. The van der Waals surface area contributed by atoms with Gasteiger partial charge in [-0.15, -0.1) is 0 Å². The minimum Gasteiger partial charge on any atom is -0.460 e. The van der Waals surface area contributed by atoms with Crippen LogP contribution in [0.3, 0.4) is 0 Å². The van der Waals surface area contributed by atoms with Crippen LogP contribution < -0.4 is 5.32 Å². The summed E-state index contributed by atoms with van der Waals surface area (Å²) < 4.78 is 5.27. The van der Waals surface area contributed by atoms with E-state index in [4.69, 9.17) is 16.3 Å². The first kappa shape index (κ1) is 17.7. The van der Waals surface area contributed by atoms with Crippen molar-refractivity contribution >= 4 is 29.1 Å². The van der Waals surface area contributed by atoms with Crippen LogP contribution in [0.2, 0.25) is 5.02 Å². The number of pyridine rings is 1. The van der Waals surface area contributed by atoms with Crippen LogP contribution >= 0.6 is 11.6 Å². The minimum absolute atomic E-state index is 0.0845. The Morgan fingerprint density at radius 1 is 1.38 bits per heavy atom. The zero-order valence-electron chi connectivity index (χ0n) is 12.9. The standard InChI is InChI=1S/C16H16ClN3O4/c1-2-11(19-15-8-7-12(9-18-15)20(22)23)10-24-16(21)13-5-3-4-6-14(13)17/h3-9,11H,2,10H2,1H3,(H,18,19). The lowest BCUT2D eigenvalue weighted by atomic mass is 10.2. The fourth-order valence-electron chi connectivity index (χ4n) is 1.93. The number of hydrogen-bond acceptors (Lipinski definition) is 6. The predicted octanol–water partition coefficient (Wildman–Crippen LogP) is 3.69. The number of nitrogens with one attached hydrogen (secondary N) is 1. The number of rotatable bonds is 7. The molecule has 0 aliphatic heterocycles. The summed E-state index contributed by atoms with van der Waals surface area (Å²) in [5.41, 5.74) is 0.223. The lowest BCUT2D eigenvalue weighted by molar-refractivity contribution is -0.385. The second kappa shape index (κ2) is 8.26. The van der Waals surface area contributed by atoms with Gasteiger partial charge in [-0.3, -0.25) is 10.1 Å². The average molecular weight is 350 g/mol. The highest BCUT2D eigenvalue weighted by atomic mass is 35.5. The molecule has 1 unspecified atom stereocenters. The molecule has 0 aliphatic carbocycles. The molecule has 0 saturated heterocycles. The van der Waals surface area contributed by atoms with Gasteiger partial charge >= 0.3 is 5.97 Å². The van der Waals surface area contributed by atoms with Gasteiger partial charge in [-0.1, -0.05) is 30.7 Å². The molecule has 1 atom stereocenters. The van der Waals surface area contributed by atoms with Crippen molar-refractivity contribution in [2.75, 3.05) is 11.9 Å². The molecule has 1 aromatic heterocycles. The van der Waals surface area contributed by atoms with Gasteiger partial charge in [0.05, 0.1) is 21.6 Å². The lowest BCUT2D eigenvalue weighted by Crippen LogP contribution is -2.26. The van der Waals surface area contributed by atoms with Crippen LogP contribution in [0.1, 0.15) is 23.7 Å². The molecule has 7 nitrogen and oxygen atoms in total. The zero-order chi connectivity index (χ0) is 17.5. The number of ether oxygens (including phenoxy) is 1. The molecule has 0 radical (unpaired) electrons. The number of anilines is 1. The Balaban J connectivity index is 1.93. The summed E-state index contributed by atoms with van der Waals surface area (Å²) in [5, 5.41) is 14.0. The molecule has 2 rings (SSSR count). The van der Waals surface area contributed by atoms with Gasteiger partial charge in [0.1, 0.15) is 18.6 Å². The molecular weight excluding hydrogens is 334 g/mol. The fourth-order valence-corrected chi connectivity index (χ4v) is 2.14. The maximum Gasteiger partial charge on any atom is 0.339 e. The summed E-state index contributed by atoms with van der Waals surface area (Å²) in [4.78, 5) is 26.1. The van der Waals surface area contributed by atoms with E-state index >= 15 is 0 Å². The van der Waals surface area contributed by atoms with Gasteiger partial charge in [0.25, 0.3) is 5.69 Å². The van der Waals surface area contributed by atoms with E-state index in [9.17, 15) is 14.9 Å². The van der Waals surface area contributed by atoms with Gasteiger partial charge in [-0.25, -0.2) is 9.78 Å². The Kier molecular flexibility index (Phi) is 6.08. The molecule has 8 heteroatoms. The van der Waals surface area contributed by atoms with Crippen LogP contribution in [0.5, 0.6) is 0 Å². The highest BCUT2D eigenvalue weighted by molar-refractivity contribution is 6.33. The van der Waals surface area contributed by atoms with Gasteiger partial charge in [0.2, 0.25) is 0 Å². The second-order valence-corrected chi connectivity index (χ2v) is 5.39. The predicted molar refractivity (Wildman–Crippen MR) is 90.3 cm³/mol. The first-order chi connectivity index (χ1) is 11.5. The summed E-state index contributed by atoms with van der Waals surface area (Å²) in [5.74, 6) is -0.0289. The molecule has 0 fully saturated rings. The molecule has 0 spiro atoms. The number of benzene rings is 1. The Bertz CT molecular complexity index is 722. The highest BCUT2D eigenvalue weighted by Gasteiger charge is 2.15. The van der Waals surface area contributed by atoms with E-state index in [1.54, 1.807) is 24.3 Å². The Labute approximate surface area is 143 Å². The molecule has 1 heterocycles. The smallest absolute Gasteiger partial charge is 0.339 e. The van der Waals surface area contributed by atoms with E-state index in [1.807, 2.05) is 6.92 Å². The van der Waals surface area contributed by atoms with Crippen molar-refractivity contribution in [3.63, 3.8) is 0 Å². The SMILES string of the molecule is CCC(COC(=O)c1ccccc1Cl)Nc1ccc([N+](=O)[O-])cn1. The lowest BCUT2D eigenvalue weighted by Gasteiger charge is -2.17. The summed E-state index contributed by atoms with van der Waals surface area (Å²) in [7, 11) is 0. The number of halogens is 1. The summed E-state index contributed by atoms with van der Waals surface area (Å²) in [6.45, 7) is 2.05. The quantitative estimate of drug-likeness (QED) is 0.465. The molecular formula is C16H16ClN3O4. The molecule has 24 heavy (non-hydrogen) atoms. The van der Waals surface area contributed by atoms with E-state index in [0.29, 0.717) is 22.8 Å². The maximum atomic E-state index is 12.0. The maximum absolute atomic E-state index is 12.0. The van der Waals surface area contributed by atoms with Crippen molar-refractivity contribution in [1.29, 1.82) is 0 Å². The van der Waals surface area contributed by atoms with E-state index in [2.05, 4.69) is 10.3 Å². The summed E-state index contributed by atoms with van der Waals surface area (Å²) in [6, 6.07) is 9.35. The van der Waals surface area contributed by atoms with Crippen LogP contribution in [-0.2, 0) is 4.74 Å². The van der Waals surface area contributed by atoms with Crippen molar-refractivity contribution in [1.82, 2.24) is 4.98 Å². The topological polar surface area (TPSA) is 94.4 Å². The van der Waals surface area contributed by atoms with Gasteiger partial charge in [0.15, 0.2) is 0 Å². The molecule has 0 bridgehead atoms. The zero-order valence-corrected chi connectivity index (χ0v) is 13.7. The van der Waals surface area contributed by atoms with Crippen molar-refractivity contribution in [2.45, 2.75) is 19.4 Å². The average Bonchev–Trinajstić information content (AvgIpc) is 2.59. The van der Waals surface area contributed by atoms with Gasteiger partial charge in [0, 0.05) is 6.07 Å². The molecule has 0 saturated carbocycles. The fraction of sp³-hybridized carbons (Fsp3) is 0.250. The van der Waals surface area contributed by atoms with Crippen LogP contribution in [0.15, 0.2) is 42.6 Å². The van der Waals surface area contributed by atoms with Gasteiger partial charge in [-0.2, -0.15) is 0 Å². The number of esters is 1. The summed E-state index contributed by atoms with van der Waals surface area (Å²) in [6.07, 6.45) is 1.85. The van der Waals surface area contributed by atoms with Gasteiger partial charge in [-0.05, 0) is 24.6 Å². The highest BCUT2D eigenvalue weighted by Crippen LogP contribution is 2.17. The first-order valence-corrected chi connectivity index (χ1v) is 7.67. The number of hydrogen-bond donors (Lipinski definition) is 1.